The summed E-state index contributed by atoms with van der Waals surface area (Å²) in [5.41, 5.74) is 3.98. The summed E-state index contributed by atoms with van der Waals surface area (Å²) < 4.78 is 0. The van der Waals surface area contributed by atoms with Crippen LogP contribution in [0.3, 0.4) is 0 Å². The molecule has 2 aromatic rings. The Morgan fingerprint density at radius 3 is 1.88 bits per heavy atom. The third-order valence-corrected chi connectivity index (χ3v) is 5.56. The Balaban J connectivity index is 1.53. The number of hydrogen-bond donors (Lipinski definition) is 1. The van der Waals surface area contributed by atoms with Crippen LogP contribution in [0.5, 0.6) is 0 Å². The molecular formula is C23H22N6O4. The maximum atomic E-state index is 12.9. The number of carbonyl (C=O) groups excluding carboxylic acids is 2. The molecule has 10 heteroatoms. The third kappa shape index (κ3) is 4.02. The molecule has 4 rings (SSSR count). The Labute approximate surface area is 189 Å². The van der Waals surface area contributed by atoms with Crippen LogP contribution in [0.1, 0.15) is 35.3 Å². The summed E-state index contributed by atoms with van der Waals surface area (Å²) in [6.07, 6.45) is 0. The normalized spacial score (nSPS) is 20.6. The number of aromatic carboxylic acids is 1. The molecule has 0 bridgehead atoms. The number of rotatable bonds is 5. The average Bonchev–Trinajstić information content (AvgIpc) is 3.23. The zero-order chi connectivity index (χ0) is 23.9. The van der Waals surface area contributed by atoms with E-state index in [4.69, 9.17) is 0 Å². The van der Waals surface area contributed by atoms with Crippen LogP contribution >= 0.6 is 0 Å². The maximum Gasteiger partial charge on any atom is 0.335 e. The Morgan fingerprint density at radius 1 is 0.818 bits per heavy atom. The van der Waals surface area contributed by atoms with Crippen LogP contribution in [0.2, 0.25) is 0 Å². The number of carboxylic acids is 1. The van der Waals surface area contributed by atoms with E-state index in [-0.39, 0.29) is 11.5 Å². The van der Waals surface area contributed by atoms with E-state index in [0.717, 1.165) is 16.1 Å². The van der Waals surface area contributed by atoms with Crippen LogP contribution in [0.25, 0.3) is 0 Å². The molecule has 0 radical (unpaired) electrons. The SMILES string of the molecule is CC1=NN(c2cccc(C(=O)O)c2)C(=O)C1/N=N/C1C(=O)N(c2ccc(C)c(C)c2)N=C1C. The lowest BCUT2D eigenvalue weighted by Crippen LogP contribution is -2.32. The highest BCUT2D eigenvalue weighted by Gasteiger charge is 2.38. The molecule has 33 heavy (non-hydrogen) atoms. The van der Waals surface area contributed by atoms with E-state index in [2.05, 4.69) is 20.4 Å². The first kappa shape index (κ1) is 22.0. The van der Waals surface area contributed by atoms with Crippen molar-refractivity contribution in [3.63, 3.8) is 0 Å². The minimum absolute atomic E-state index is 0.0352. The molecule has 2 aliphatic heterocycles. The molecule has 2 atom stereocenters. The van der Waals surface area contributed by atoms with Gasteiger partial charge in [-0.2, -0.15) is 30.4 Å². The summed E-state index contributed by atoms with van der Waals surface area (Å²) in [6, 6.07) is 9.57. The van der Waals surface area contributed by atoms with Crippen molar-refractivity contribution in [2.24, 2.45) is 20.4 Å². The Morgan fingerprint density at radius 2 is 1.36 bits per heavy atom. The summed E-state index contributed by atoms with van der Waals surface area (Å²) in [4.78, 5) is 37.1. The van der Waals surface area contributed by atoms with Crippen molar-refractivity contribution >= 4 is 40.6 Å². The monoisotopic (exact) mass is 446 g/mol. The van der Waals surface area contributed by atoms with Crippen LogP contribution in [0.15, 0.2) is 62.9 Å². The van der Waals surface area contributed by atoms with Crippen LogP contribution < -0.4 is 10.0 Å². The van der Waals surface area contributed by atoms with E-state index in [1.54, 1.807) is 19.9 Å². The second kappa shape index (κ2) is 8.38. The standard InChI is InChI=1S/C23H22N6O4/c1-12-8-9-18(10-13(12)2)29-22(31)20(15(4)27-29)25-24-19-14(3)26-28(21(19)30)17-7-5-6-16(11-17)23(32)33/h5-11,19-20H,1-4H3,(H,32,33)/b25-24+. The van der Waals surface area contributed by atoms with Gasteiger partial charge >= 0.3 is 5.97 Å². The van der Waals surface area contributed by atoms with Gasteiger partial charge in [-0.1, -0.05) is 12.1 Å². The molecule has 2 aromatic carbocycles. The molecule has 0 fully saturated rings. The van der Waals surface area contributed by atoms with Gasteiger partial charge in [0.2, 0.25) is 0 Å². The summed E-state index contributed by atoms with van der Waals surface area (Å²) >= 11 is 0. The molecule has 2 aliphatic rings. The molecule has 168 valence electrons. The quantitative estimate of drug-likeness (QED) is 0.707. The lowest BCUT2D eigenvalue weighted by molar-refractivity contribution is -0.119. The van der Waals surface area contributed by atoms with Crippen molar-refractivity contribution in [1.82, 2.24) is 0 Å². The van der Waals surface area contributed by atoms with E-state index in [0.29, 0.717) is 22.8 Å². The van der Waals surface area contributed by atoms with Crippen molar-refractivity contribution in [1.29, 1.82) is 0 Å². The predicted octanol–water partition coefficient (Wildman–Crippen LogP) is 3.34. The number of benzene rings is 2. The largest absolute Gasteiger partial charge is 0.478 e. The number of anilines is 2. The molecule has 2 heterocycles. The lowest BCUT2D eigenvalue weighted by Gasteiger charge is -2.14. The Kier molecular flexibility index (Phi) is 5.59. The van der Waals surface area contributed by atoms with Crippen LogP contribution in [0, 0.1) is 13.8 Å². The summed E-state index contributed by atoms with van der Waals surface area (Å²) in [7, 11) is 0. The van der Waals surface area contributed by atoms with Crippen molar-refractivity contribution in [2.75, 3.05) is 10.0 Å². The Hall–Kier alpha value is -4.21. The molecular weight excluding hydrogens is 424 g/mol. The molecule has 2 unspecified atom stereocenters. The number of amides is 2. The summed E-state index contributed by atoms with van der Waals surface area (Å²) in [6.45, 7) is 7.25. The van der Waals surface area contributed by atoms with Crippen LogP contribution in [0.4, 0.5) is 11.4 Å². The summed E-state index contributed by atoms with van der Waals surface area (Å²) in [5.74, 6) is -1.95. The number of carbonyl (C=O) groups is 3. The zero-order valence-corrected chi connectivity index (χ0v) is 18.6. The van der Waals surface area contributed by atoms with Gasteiger partial charge < -0.3 is 5.11 Å². The van der Waals surface area contributed by atoms with Gasteiger partial charge in [0.05, 0.1) is 28.4 Å². The van der Waals surface area contributed by atoms with E-state index < -0.39 is 24.0 Å². The highest BCUT2D eigenvalue weighted by atomic mass is 16.4. The number of aryl methyl sites for hydroxylation is 2. The minimum Gasteiger partial charge on any atom is -0.478 e. The number of hydrogen-bond acceptors (Lipinski definition) is 7. The van der Waals surface area contributed by atoms with E-state index in [1.165, 1.54) is 23.2 Å². The third-order valence-electron chi connectivity index (χ3n) is 5.56. The highest BCUT2D eigenvalue weighted by Crippen LogP contribution is 2.26. The fourth-order valence-corrected chi connectivity index (χ4v) is 3.51. The van der Waals surface area contributed by atoms with Gasteiger partial charge in [0.25, 0.3) is 11.8 Å². The minimum atomic E-state index is -1.11. The van der Waals surface area contributed by atoms with Crippen LogP contribution in [-0.2, 0) is 9.59 Å². The van der Waals surface area contributed by atoms with E-state index in [9.17, 15) is 19.5 Å². The van der Waals surface area contributed by atoms with Gasteiger partial charge in [-0.05, 0) is 69.2 Å². The van der Waals surface area contributed by atoms with Crippen molar-refractivity contribution in [3.05, 3.63) is 59.2 Å². The van der Waals surface area contributed by atoms with E-state index >= 15 is 0 Å². The maximum absolute atomic E-state index is 12.9. The first-order valence-electron chi connectivity index (χ1n) is 10.3. The van der Waals surface area contributed by atoms with E-state index in [1.807, 2.05) is 32.0 Å². The molecule has 0 aromatic heterocycles. The fraction of sp³-hybridized carbons (Fsp3) is 0.261. The second-order valence-corrected chi connectivity index (χ2v) is 7.94. The second-order valence-electron chi connectivity index (χ2n) is 7.94. The zero-order valence-electron chi connectivity index (χ0n) is 18.6. The first-order valence-corrected chi connectivity index (χ1v) is 10.3. The van der Waals surface area contributed by atoms with Gasteiger partial charge in [0.15, 0.2) is 12.1 Å². The molecule has 10 nitrogen and oxygen atoms in total. The molecule has 1 N–H and O–H groups in total. The van der Waals surface area contributed by atoms with Gasteiger partial charge in [0.1, 0.15) is 0 Å². The first-order chi connectivity index (χ1) is 15.7. The van der Waals surface area contributed by atoms with Crippen molar-refractivity contribution in [3.8, 4) is 0 Å². The van der Waals surface area contributed by atoms with Gasteiger partial charge in [-0.25, -0.2) is 4.79 Å². The van der Waals surface area contributed by atoms with Gasteiger partial charge in [-0.15, -0.1) is 0 Å². The topological polar surface area (TPSA) is 127 Å². The van der Waals surface area contributed by atoms with Gasteiger partial charge in [-0.3, -0.25) is 9.59 Å². The van der Waals surface area contributed by atoms with Crippen molar-refractivity contribution in [2.45, 2.75) is 39.8 Å². The number of carboxylic acid groups (broad SMARTS) is 1. The van der Waals surface area contributed by atoms with Crippen molar-refractivity contribution < 1.29 is 19.5 Å². The lowest BCUT2D eigenvalue weighted by atomic mass is 10.1. The number of hydrazone groups is 2. The number of nitrogens with zero attached hydrogens (tertiary/aromatic N) is 6. The summed E-state index contributed by atoms with van der Waals surface area (Å²) in [5, 5.41) is 28.4. The van der Waals surface area contributed by atoms with Crippen LogP contribution in [-0.4, -0.2) is 46.4 Å². The molecule has 2 amide bonds. The smallest absolute Gasteiger partial charge is 0.335 e. The highest BCUT2D eigenvalue weighted by molar-refractivity contribution is 6.19. The molecule has 0 saturated heterocycles. The number of azo groups is 1. The Bertz CT molecular complexity index is 1270. The fourth-order valence-electron chi connectivity index (χ4n) is 3.51. The molecule has 0 spiro atoms. The molecule has 0 aliphatic carbocycles. The predicted molar refractivity (Wildman–Crippen MR) is 123 cm³/mol. The van der Waals surface area contributed by atoms with Gasteiger partial charge in [0, 0.05) is 0 Å². The average molecular weight is 446 g/mol. The molecule has 0 saturated carbocycles.